The van der Waals surface area contributed by atoms with Gasteiger partial charge in [0.1, 0.15) is 5.82 Å². The van der Waals surface area contributed by atoms with Crippen molar-refractivity contribution in [3.63, 3.8) is 0 Å². The van der Waals surface area contributed by atoms with Crippen LogP contribution in [0.4, 0.5) is 20.6 Å². The molecule has 4 nitrogen and oxygen atoms in total. The number of anilines is 2. The number of carbonyl (C=O) groups excluding carboxylic acids is 1. The van der Waals surface area contributed by atoms with Crippen LogP contribution in [0.2, 0.25) is 5.02 Å². The molecule has 3 N–H and O–H groups in total. The molecule has 0 saturated carbocycles. The van der Waals surface area contributed by atoms with Gasteiger partial charge in [-0.3, -0.25) is 0 Å². The molecule has 0 aliphatic carbocycles. The van der Waals surface area contributed by atoms with Crippen molar-refractivity contribution in [1.82, 2.24) is 4.98 Å². The molecule has 1 heterocycles. The molecule has 3 aromatic carbocycles. The van der Waals surface area contributed by atoms with Crippen molar-refractivity contribution in [2.45, 2.75) is 0 Å². The highest BCUT2D eigenvalue weighted by Crippen LogP contribution is 2.26. The maximum absolute atomic E-state index is 13.3. The molecule has 0 unspecified atom stereocenters. The van der Waals surface area contributed by atoms with Gasteiger partial charge in [-0.05, 0) is 54.1 Å². The predicted octanol–water partition coefficient (Wildman–Crippen LogP) is 6.27. The molecule has 6 heteroatoms. The van der Waals surface area contributed by atoms with Crippen molar-refractivity contribution < 1.29 is 9.18 Å². The van der Waals surface area contributed by atoms with Gasteiger partial charge in [0, 0.05) is 22.3 Å². The second-order valence-electron chi connectivity index (χ2n) is 6.05. The zero-order chi connectivity index (χ0) is 18.8. The van der Waals surface area contributed by atoms with E-state index in [9.17, 15) is 9.18 Å². The topological polar surface area (TPSA) is 56.9 Å². The Labute approximate surface area is 160 Å². The van der Waals surface area contributed by atoms with Crippen molar-refractivity contribution in [2.75, 3.05) is 10.6 Å². The standard InChI is InChI=1S/C21H15ClFN3O/c22-17-3-1-2-4-19(17)26-21(27)24-16-8-5-13(6-9-16)20-12-14-11-15(23)7-10-18(14)25-20/h1-12,25H,(H2,24,26,27). The van der Waals surface area contributed by atoms with E-state index in [1.54, 1.807) is 42.5 Å². The lowest BCUT2D eigenvalue weighted by molar-refractivity contribution is 0.262. The highest BCUT2D eigenvalue weighted by molar-refractivity contribution is 6.33. The number of benzene rings is 3. The molecular formula is C21H15ClFN3O. The third-order valence-electron chi connectivity index (χ3n) is 4.16. The molecule has 0 bridgehead atoms. The van der Waals surface area contributed by atoms with Gasteiger partial charge in [-0.15, -0.1) is 0 Å². The van der Waals surface area contributed by atoms with Crippen LogP contribution < -0.4 is 10.6 Å². The quantitative estimate of drug-likeness (QED) is 0.386. The van der Waals surface area contributed by atoms with Crippen LogP contribution in [0.1, 0.15) is 0 Å². The first kappa shape index (κ1) is 17.1. The van der Waals surface area contributed by atoms with Gasteiger partial charge in [-0.1, -0.05) is 35.9 Å². The fourth-order valence-electron chi connectivity index (χ4n) is 2.84. The minimum atomic E-state index is -0.378. The Kier molecular flexibility index (Phi) is 4.52. The van der Waals surface area contributed by atoms with E-state index in [-0.39, 0.29) is 11.8 Å². The summed E-state index contributed by atoms with van der Waals surface area (Å²) in [5.74, 6) is -0.267. The Morgan fingerprint density at radius 2 is 1.70 bits per heavy atom. The van der Waals surface area contributed by atoms with Gasteiger partial charge in [0.2, 0.25) is 0 Å². The number of hydrogen-bond donors (Lipinski definition) is 3. The largest absolute Gasteiger partial charge is 0.355 e. The Morgan fingerprint density at radius 3 is 2.48 bits per heavy atom. The molecule has 0 aliphatic heterocycles. The lowest BCUT2D eigenvalue weighted by Gasteiger charge is -2.09. The molecule has 1 aromatic heterocycles. The zero-order valence-corrected chi connectivity index (χ0v) is 14.8. The van der Waals surface area contributed by atoms with Gasteiger partial charge in [-0.2, -0.15) is 0 Å². The third kappa shape index (κ3) is 3.78. The van der Waals surface area contributed by atoms with Crippen LogP contribution in [0.25, 0.3) is 22.2 Å². The zero-order valence-electron chi connectivity index (χ0n) is 14.1. The van der Waals surface area contributed by atoms with Crippen LogP contribution in [-0.4, -0.2) is 11.0 Å². The van der Waals surface area contributed by atoms with Crippen molar-refractivity contribution in [1.29, 1.82) is 0 Å². The molecule has 0 aliphatic rings. The summed E-state index contributed by atoms with van der Waals surface area (Å²) in [5.41, 5.74) is 3.86. The van der Waals surface area contributed by atoms with Crippen molar-refractivity contribution in [3.05, 3.63) is 83.6 Å². The molecule has 0 fully saturated rings. The molecular weight excluding hydrogens is 365 g/mol. The smallest absolute Gasteiger partial charge is 0.323 e. The van der Waals surface area contributed by atoms with E-state index in [2.05, 4.69) is 15.6 Å². The number of hydrogen-bond acceptors (Lipinski definition) is 1. The van der Waals surface area contributed by atoms with E-state index in [0.29, 0.717) is 16.4 Å². The van der Waals surface area contributed by atoms with E-state index in [0.717, 1.165) is 22.2 Å². The van der Waals surface area contributed by atoms with Gasteiger partial charge in [0.15, 0.2) is 0 Å². The fraction of sp³-hybridized carbons (Fsp3) is 0. The maximum atomic E-state index is 13.3. The average Bonchev–Trinajstić information content (AvgIpc) is 3.07. The lowest BCUT2D eigenvalue weighted by atomic mass is 10.1. The number of amides is 2. The number of carbonyl (C=O) groups is 1. The Hall–Kier alpha value is -3.31. The second-order valence-corrected chi connectivity index (χ2v) is 6.46. The number of aromatic nitrogens is 1. The summed E-state index contributed by atoms with van der Waals surface area (Å²) < 4.78 is 13.3. The number of rotatable bonds is 3. The van der Waals surface area contributed by atoms with E-state index in [1.807, 2.05) is 18.2 Å². The van der Waals surface area contributed by atoms with E-state index >= 15 is 0 Å². The minimum Gasteiger partial charge on any atom is -0.355 e. The highest BCUT2D eigenvalue weighted by Gasteiger charge is 2.07. The van der Waals surface area contributed by atoms with Crippen LogP contribution in [-0.2, 0) is 0 Å². The van der Waals surface area contributed by atoms with Crippen molar-refractivity contribution >= 4 is 39.9 Å². The summed E-state index contributed by atoms with van der Waals surface area (Å²) in [5, 5.41) is 6.75. The Morgan fingerprint density at radius 1 is 0.926 bits per heavy atom. The molecule has 27 heavy (non-hydrogen) atoms. The van der Waals surface area contributed by atoms with Crippen LogP contribution >= 0.6 is 11.6 Å². The Bertz CT molecular complexity index is 1120. The van der Waals surface area contributed by atoms with E-state index in [4.69, 9.17) is 11.6 Å². The average molecular weight is 380 g/mol. The summed E-state index contributed by atoms with van der Waals surface area (Å²) in [6.45, 7) is 0. The number of H-pyrrole nitrogens is 1. The van der Waals surface area contributed by atoms with Crippen LogP contribution in [0.3, 0.4) is 0 Å². The van der Waals surface area contributed by atoms with Crippen molar-refractivity contribution in [2.24, 2.45) is 0 Å². The van der Waals surface area contributed by atoms with Crippen LogP contribution in [0.5, 0.6) is 0 Å². The summed E-state index contributed by atoms with van der Waals surface area (Å²) in [4.78, 5) is 15.4. The maximum Gasteiger partial charge on any atom is 0.323 e. The summed E-state index contributed by atoms with van der Waals surface area (Å²) in [6.07, 6.45) is 0. The van der Waals surface area contributed by atoms with E-state index < -0.39 is 0 Å². The number of halogens is 2. The molecule has 0 radical (unpaired) electrons. The minimum absolute atomic E-state index is 0.267. The van der Waals surface area contributed by atoms with Gasteiger partial charge in [-0.25, -0.2) is 9.18 Å². The van der Waals surface area contributed by atoms with Gasteiger partial charge < -0.3 is 15.6 Å². The van der Waals surface area contributed by atoms with E-state index in [1.165, 1.54) is 12.1 Å². The van der Waals surface area contributed by atoms with Gasteiger partial charge in [0.05, 0.1) is 10.7 Å². The number of urea groups is 1. The monoisotopic (exact) mass is 379 g/mol. The van der Waals surface area contributed by atoms with Gasteiger partial charge in [0.25, 0.3) is 0 Å². The molecule has 0 saturated heterocycles. The molecule has 4 aromatic rings. The summed E-state index contributed by atoms with van der Waals surface area (Å²) >= 11 is 6.03. The van der Waals surface area contributed by atoms with Crippen LogP contribution in [0.15, 0.2) is 72.8 Å². The first-order valence-electron chi connectivity index (χ1n) is 8.30. The number of fused-ring (bicyclic) bond motifs is 1. The van der Waals surface area contributed by atoms with Gasteiger partial charge >= 0.3 is 6.03 Å². The third-order valence-corrected chi connectivity index (χ3v) is 4.49. The first-order valence-corrected chi connectivity index (χ1v) is 8.67. The predicted molar refractivity (Wildman–Crippen MR) is 108 cm³/mol. The second kappa shape index (κ2) is 7.13. The Balaban J connectivity index is 1.48. The van der Waals surface area contributed by atoms with Crippen LogP contribution in [0, 0.1) is 5.82 Å². The lowest BCUT2D eigenvalue weighted by Crippen LogP contribution is -2.19. The number of nitrogens with one attached hydrogen (secondary N) is 3. The molecule has 0 spiro atoms. The summed E-state index contributed by atoms with van der Waals surface area (Å²) in [7, 11) is 0. The van der Waals surface area contributed by atoms with Crippen molar-refractivity contribution in [3.8, 4) is 11.3 Å². The molecule has 2 amide bonds. The first-order chi connectivity index (χ1) is 13.1. The normalized spacial score (nSPS) is 10.7. The number of aromatic amines is 1. The molecule has 134 valence electrons. The number of para-hydroxylation sites is 1. The molecule has 0 atom stereocenters. The fourth-order valence-corrected chi connectivity index (χ4v) is 3.02. The summed E-state index contributed by atoms with van der Waals surface area (Å²) in [6, 6.07) is 20.5. The molecule has 4 rings (SSSR count). The highest BCUT2D eigenvalue weighted by atomic mass is 35.5. The SMILES string of the molecule is O=C(Nc1ccc(-c2cc3cc(F)ccc3[nH]2)cc1)Nc1ccccc1Cl.